The first kappa shape index (κ1) is 24.3. The van der Waals surface area contributed by atoms with Crippen LogP contribution in [0.25, 0.3) is 0 Å². The largest absolute Gasteiger partial charge is 0.460 e. The molecular formula is C9H5F15S. The summed E-state index contributed by atoms with van der Waals surface area (Å²) < 4.78 is 190. The molecule has 0 N–H and O–H groups in total. The summed E-state index contributed by atoms with van der Waals surface area (Å²) in [5.41, 5.74) is 0. The molecule has 0 unspecified atom stereocenters. The minimum absolute atomic E-state index is 0.344. The average Bonchev–Trinajstić information content (AvgIpc) is 2.35. The quantitative estimate of drug-likeness (QED) is 0.466. The van der Waals surface area contributed by atoms with Gasteiger partial charge in [-0.15, -0.1) is 0 Å². The van der Waals surface area contributed by atoms with E-state index in [9.17, 15) is 65.9 Å². The third kappa shape index (κ3) is 3.22. The molecular weight excluding hydrogens is 425 g/mol. The summed E-state index contributed by atoms with van der Waals surface area (Å²) in [5.74, 6) is -48.2. The van der Waals surface area contributed by atoms with Gasteiger partial charge in [-0.05, 0) is 6.26 Å². The molecule has 16 heteroatoms. The number of thioether (sulfide) groups is 1. The smallest absolute Gasteiger partial charge is 0.199 e. The van der Waals surface area contributed by atoms with Gasteiger partial charge in [-0.3, -0.25) is 0 Å². The fraction of sp³-hybridized carbons (Fsp3) is 1.00. The Hall–Kier alpha value is -0.700. The van der Waals surface area contributed by atoms with Crippen molar-refractivity contribution in [1.29, 1.82) is 0 Å². The molecule has 0 rings (SSSR count). The summed E-state index contributed by atoms with van der Waals surface area (Å²) in [7, 11) is 0. The highest BCUT2D eigenvalue weighted by atomic mass is 32.2. The Morgan fingerprint density at radius 1 is 0.480 bits per heavy atom. The first-order valence-corrected chi connectivity index (χ1v) is 6.78. The minimum Gasteiger partial charge on any atom is -0.199 e. The minimum atomic E-state index is -8.20. The average molecular weight is 430 g/mol. The Balaban J connectivity index is 6.40. The second-order valence-corrected chi connectivity index (χ2v) is 5.37. The predicted molar refractivity (Wildman–Crippen MR) is 54.1 cm³/mol. The van der Waals surface area contributed by atoms with Gasteiger partial charge in [-0.1, -0.05) is 0 Å². The van der Waals surface area contributed by atoms with Gasteiger partial charge in [0.1, 0.15) is 0 Å². The van der Waals surface area contributed by atoms with Crippen molar-refractivity contribution < 1.29 is 65.9 Å². The summed E-state index contributed by atoms with van der Waals surface area (Å²) in [6.45, 7) is 0. The van der Waals surface area contributed by atoms with Crippen molar-refractivity contribution in [1.82, 2.24) is 0 Å². The van der Waals surface area contributed by atoms with Crippen LogP contribution >= 0.6 is 11.8 Å². The van der Waals surface area contributed by atoms with E-state index in [2.05, 4.69) is 0 Å². The van der Waals surface area contributed by atoms with Crippen molar-refractivity contribution in [2.24, 2.45) is 0 Å². The number of alkyl halides is 15. The molecule has 0 spiro atoms. The lowest BCUT2D eigenvalue weighted by Crippen LogP contribution is -2.72. The van der Waals surface area contributed by atoms with Crippen molar-refractivity contribution in [3.8, 4) is 0 Å². The number of hydrogen-bond acceptors (Lipinski definition) is 1. The van der Waals surface area contributed by atoms with E-state index < -0.39 is 47.5 Å². The number of halogens is 15. The summed E-state index contributed by atoms with van der Waals surface area (Å²) in [4.78, 5) is 0. The highest BCUT2D eigenvalue weighted by Crippen LogP contribution is 2.62. The van der Waals surface area contributed by atoms with E-state index in [0.717, 1.165) is 0 Å². The zero-order chi connectivity index (χ0) is 20.9. The molecule has 0 heterocycles. The van der Waals surface area contributed by atoms with Crippen molar-refractivity contribution in [2.75, 3.05) is 12.0 Å². The van der Waals surface area contributed by atoms with Gasteiger partial charge in [-0.2, -0.15) is 77.6 Å². The molecule has 0 fully saturated rings. The van der Waals surface area contributed by atoms with Gasteiger partial charge in [0.2, 0.25) is 0 Å². The molecule has 0 aliphatic carbocycles. The van der Waals surface area contributed by atoms with E-state index in [1.54, 1.807) is 0 Å². The first-order valence-electron chi connectivity index (χ1n) is 5.39. The van der Waals surface area contributed by atoms with Crippen LogP contribution in [0.3, 0.4) is 0 Å². The molecule has 0 nitrogen and oxygen atoms in total. The summed E-state index contributed by atoms with van der Waals surface area (Å²) in [5, 5.41) is 0. The Morgan fingerprint density at radius 2 is 0.760 bits per heavy atom. The Bertz CT molecular complexity index is 476. The standard InChI is InChI=1S/C9H5F15S/c1-25-2-3(10,11)4(12,13)5(14,15)6(16,17)7(18,19)8(20,21)9(22,23)24/h2H2,1H3. The lowest BCUT2D eigenvalue weighted by atomic mass is 9.91. The fourth-order valence-electron chi connectivity index (χ4n) is 1.27. The van der Waals surface area contributed by atoms with Gasteiger partial charge in [0.15, 0.2) is 0 Å². The van der Waals surface area contributed by atoms with E-state index in [1.807, 2.05) is 0 Å². The highest BCUT2D eigenvalue weighted by molar-refractivity contribution is 7.98. The molecule has 0 radical (unpaired) electrons. The molecule has 0 amide bonds. The first-order chi connectivity index (χ1) is 10.6. The normalized spacial score (nSPS) is 16.3. The van der Waals surface area contributed by atoms with E-state index in [-0.39, 0.29) is 11.8 Å². The second-order valence-electron chi connectivity index (χ2n) is 4.51. The molecule has 0 atom stereocenters. The molecule has 0 bridgehead atoms. The molecule has 0 saturated carbocycles. The Labute approximate surface area is 132 Å². The molecule has 0 saturated heterocycles. The zero-order valence-electron chi connectivity index (χ0n) is 11.3. The highest BCUT2D eigenvalue weighted by Gasteiger charge is 2.93. The van der Waals surface area contributed by atoms with Gasteiger partial charge in [-0.25, -0.2) is 0 Å². The molecule has 0 aromatic rings. The number of rotatable bonds is 7. The summed E-state index contributed by atoms with van der Waals surface area (Å²) in [6.07, 6.45) is -7.00. The van der Waals surface area contributed by atoms with Gasteiger partial charge in [0, 0.05) is 0 Å². The lowest BCUT2D eigenvalue weighted by molar-refractivity contribution is -0.451. The molecule has 0 aliphatic rings. The van der Waals surface area contributed by atoms with Gasteiger partial charge >= 0.3 is 41.7 Å². The van der Waals surface area contributed by atoms with E-state index >= 15 is 0 Å². The SMILES string of the molecule is CSCC(F)(F)C(F)(F)C(F)(F)C(F)(F)C(F)(F)C(F)(F)C(F)(F)F. The van der Waals surface area contributed by atoms with Crippen LogP contribution in [0.1, 0.15) is 0 Å². The van der Waals surface area contributed by atoms with Crippen molar-refractivity contribution >= 4 is 11.8 Å². The van der Waals surface area contributed by atoms with Crippen LogP contribution in [0.15, 0.2) is 0 Å². The van der Waals surface area contributed by atoms with Gasteiger partial charge < -0.3 is 0 Å². The Morgan fingerprint density at radius 3 is 1.04 bits per heavy atom. The molecule has 0 aliphatic heterocycles. The number of hydrogen-bond donors (Lipinski definition) is 0. The van der Waals surface area contributed by atoms with Crippen molar-refractivity contribution in [3.63, 3.8) is 0 Å². The van der Waals surface area contributed by atoms with Crippen LogP contribution < -0.4 is 0 Å². The van der Waals surface area contributed by atoms with E-state index in [1.165, 1.54) is 0 Å². The van der Waals surface area contributed by atoms with Crippen LogP contribution in [0, 0.1) is 0 Å². The van der Waals surface area contributed by atoms with E-state index in [0.29, 0.717) is 6.26 Å². The molecule has 25 heavy (non-hydrogen) atoms. The van der Waals surface area contributed by atoms with E-state index in [4.69, 9.17) is 0 Å². The topological polar surface area (TPSA) is 0 Å². The van der Waals surface area contributed by atoms with Crippen LogP contribution in [0.2, 0.25) is 0 Å². The fourth-order valence-corrected chi connectivity index (χ4v) is 1.81. The maximum atomic E-state index is 13.0. The van der Waals surface area contributed by atoms with Crippen LogP contribution in [0.4, 0.5) is 65.9 Å². The van der Waals surface area contributed by atoms with Crippen LogP contribution in [-0.2, 0) is 0 Å². The van der Waals surface area contributed by atoms with Crippen molar-refractivity contribution in [2.45, 2.75) is 41.7 Å². The van der Waals surface area contributed by atoms with Gasteiger partial charge in [0.05, 0.1) is 5.75 Å². The van der Waals surface area contributed by atoms with Gasteiger partial charge in [0.25, 0.3) is 0 Å². The lowest BCUT2D eigenvalue weighted by Gasteiger charge is -2.41. The second kappa shape index (κ2) is 6.18. The predicted octanol–water partition coefficient (Wildman–Crippen LogP) is 5.72. The third-order valence-electron chi connectivity index (χ3n) is 2.72. The summed E-state index contributed by atoms with van der Waals surface area (Å²) >= 11 is -0.344. The Kier molecular flexibility index (Phi) is 6.01. The zero-order valence-corrected chi connectivity index (χ0v) is 12.1. The van der Waals surface area contributed by atoms with Crippen molar-refractivity contribution in [3.05, 3.63) is 0 Å². The molecule has 0 aromatic heterocycles. The third-order valence-corrected chi connectivity index (χ3v) is 3.37. The monoisotopic (exact) mass is 430 g/mol. The van der Waals surface area contributed by atoms with Crippen LogP contribution in [0.5, 0.6) is 0 Å². The maximum absolute atomic E-state index is 13.0. The summed E-state index contributed by atoms with van der Waals surface area (Å²) in [6, 6.07) is 0. The molecule has 152 valence electrons. The van der Waals surface area contributed by atoms with Crippen LogP contribution in [-0.4, -0.2) is 53.7 Å². The maximum Gasteiger partial charge on any atom is 0.460 e. The molecule has 0 aromatic carbocycles.